The number of sulfonamides is 1. The number of esters is 2. The van der Waals surface area contributed by atoms with Crippen molar-refractivity contribution >= 4 is 65.2 Å². The number of piperidine rings is 2. The minimum Gasteiger partial charge on any atom is -0.465 e. The van der Waals surface area contributed by atoms with Crippen LogP contribution < -0.4 is 16.0 Å². The molecular weight excluding hydrogens is 1070 g/mol. The molecule has 16 nitrogen and oxygen atoms in total. The molecule has 2 aliphatic carbocycles. The van der Waals surface area contributed by atoms with Crippen molar-refractivity contribution in [3.05, 3.63) is 94.1 Å². The number of hydrogen-bond acceptors (Lipinski definition) is 13. The van der Waals surface area contributed by atoms with Crippen molar-refractivity contribution in [2.24, 2.45) is 33.7 Å². The van der Waals surface area contributed by atoms with Gasteiger partial charge in [-0.25, -0.2) is 30.7 Å². The summed E-state index contributed by atoms with van der Waals surface area (Å²) < 4.78 is 108. The highest BCUT2D eigenvalue weighted by atomic mass is 35.7. The lowest BCUT2D eigenvalue weighted by Crippen LogP contribution is -2.51. The second kappa shape index (κ2) is 27.2. The van der Waals surface area contributed by atoms with Gasteiger partial charge in [-0.1, -0.05) is 12.1 Å². The molecule has 0 bridgehead atoms. The zero-order valence-corrected chi connectivity index (χ0v) is 46.5. The molecule has 0 atom stereocenters. The Morgan fingerprint density at radius 3 is 1.44 bits per heavy atom. The summed E-state index contributed by atoms with van der Waals surface area (Å²) in [5, 5.41) is 9.21. The van der Waals surface area contributed by atoms with Crippen LogP contribution in [-0.4, -0.2) is 120 Å². The number of carbonyl (C=O) groups excluding carboxylic acids is 4. The molecule has 4 aliphatic heterocycles. The Balaban J connectivity index is 0.000000207. The number of nitrogens with one attached hydrogen (secondary N) is 3. The van der Waals surface area contributed by atoms with E-state index < -0.39 is 54.3 Å². The van der Waals surface area contributed by atoms with E-state index in [1.807, 2.05) is 13.8 Å². The number of nitrogens with zero attached hydrogens (tertiary/aromatic N) is 3. The fourth-order valence-corrected chi connectivity index (χ4v) is 13.2. The Morgan fingerprint density at radius 2 is 1.06 bits per heavy atom. The smallest absolute Gasteiger partial charge is 0.337 e. The van der Waals surface area contributed by atoms with E-state index in [0.29, 0.717) is 61.4 Å². The predicted octanol–water partition coefficient (Wildman–Crippen LogP) is 8.50. The van der Waals surface area contributed by atoms with Gasteiger partial charge in [-0.15, -0.1) is 0 Å². The zero-order chi connectivity index (χ0) is 56.1. The lowest BCUT2D eigenvalue weighted by atomic mass is 9.80. The molecule has 8 rings (SSSR count). The van der Waals surface area contributed by atoms with E-state index in [2.05, 4.69) is 20.7 Å². The van der Waals surface area contributed by atoms with Gasteiger partial charge in [0.15, 0.2) is 0 Å². The van der Waals surface area contributed by atoms with Crippen LogP contribution in [0.4, 0.5) is 17.6 Å². The molecule has 424 valence electrons. The van der Waals surface area contributed by atoms with Gasteiger partial charge in [0.2, 0.25) is 19.1 Å². The molecule has 3 N–H and O–H groups in total. The number of allylic oxidation sites excluding steroid dienone is 2. The van der Waals surface area contributed by atoms with Gasteiger partial charge in [0.25, 0.3) is 24.0 Å². The highest BCUT2D eigenvalue weighted by Gasteiger charge is 2.49. The normalized spacial score (nSPS) is 22.9. The zero-order valence-electron chi connectivity index (χ0n) is 44.1. The molecule has 2 saturated carbocycles. The molecule has 2 aromatic rings. The fraction of sp³-hybridized carbons (Fsp3) is 0.593. The lowest BCUT2D eigenvalue weighted by molar-refractivity contribution is -0.125. The van der Waals surface area contributed by atoms with Gasteiger partial charge in [0.05, 0.1) is 36.9 Å². The first-order chi connectivity index (χ1) is 36.4. The van der Waals surface area contributed by atoms with Crippen LogP contribution in [0.1, 0.15) is 133 Å². The second-order valence-electron chi connectivity index (χ2n) is 20.8. The summed E-state index contributed by atoms with van der Waals surface area (Å²) in [6, 6.07) is 10.1. The monoisotopic (exact) mass is 1140 g/mol. The van der Waals surface area contributed by atoms with Gasteiger partial charge in [-0.05, 0) is 200 Å². The molecule has 0 unspecified atom stereocenters. The maximum Gasteiger partial charge on any atom is 0.337 e. The summed E-state index contributed by atoms with van der Waals surface area (Å²) >= 11 is 0. The summed E-state index contributed by atoms with van der Waals surface area (Å²) in [5.74, 6) is 1.31. The third-order valence-corrected chi connectivity index (χ3v) is 18.8. The van der Waals surface area contributed by atoms with Gasteiger partial charge < -0.3 is 25.4 Å². The van der Waals surface area contributed by atoms with Crippen LogP contribution in [-0.2, 0) is 51.0 Å². The number of aryl methyl sites for hydroxylation is 4. The molecule has 0 aromatic heterocycles. The van der Waals surface area contributed by atoms with Crippen molar-refractivity contribution in [3.8, 4) is 0 Å². The number of methoxy groups -OCH3 is 2. The molecule has 2 spiro atoms. The quantitative estimate of drug-likeness (QED) is 0.0872. The van der Waals surface area contributed by atoms with E-state index in [4.69, 9.17) is 25.4 Å². The Morgan fingerprint density at radius 1 is 0.662 bits per heavy atom. The van der Waals surface area contributed by atoms with Crippen LogP contribution in [0.3, 0.4) is 0 Å². The predicted molar refractivity (Wildman–Crippen MR) is 286 cm³/mol. The van der Waals surface area contributed by atoms with Crippen LogP contribution in [0.15, 0.2) is 70.7 Å². The van der Waals surface area contributed by atoms with Gasteiger partial charge >= 0.3 is 11.9 Å². The van der Waals surface area contributed by atoms with E-state index in [1.54, 1.807) is 36.4 Å². The molecular formula is C54H71ClF4N6O10S2. The van der Waals surface area contributed by atoms with Crippen molar-refractivity contribution in [3.63, 3.8) is 0 Å². The van der Waals surface area contributed by atoms with Gasteiger partial charge in [-0.3, -0.25) is 19.6 Å². The molecule has 6 aliphatic rings. The average Bonchev–Trinajstić information content (AvgIpc) is 3.91. The van der Waals surface area contributed by atoms with Crippen molar-refractivity contribution < 1.29 is 63.0 Å². The highest BCUT2D eigenvalue weighted by molar-refractivity contribution is 8.13. The molecule has 77 heavy (non-hydrogen) atoms. The second-order valence-corrected chi connectivity index (χ2v) is 25.8. The number of hydrogen-bond donors (Lipinski definition) is 3. The van der Waals surface area contributed by atoms with E-state index in [1.165, 1.54) is 18.5 Å². The molecule has 23 heteroatoms. The first kappa shape index (κ1) is 61.2. The number of aliphatic imine (C=N–C) groups is 2. The number of halogens is 5. The summed E-state index contributed by atoms with van der Waals surface area (Å²) in [7, 11) is 0.731. The van der Waals surface area contributed by atoms with Gasteiger partial charge in [0, 0.05) is 35.6 Å². The van der Waals surface area contributed by atoms with E-state index >= 15 is 0 Å². The number of carbonyl (C=O) groups is 4. The fourth-order valence-electron chi connectivity index (χ4n) is 11.0. The largest absolute Gasteiger partial charge is 0.465 e. The topological polar surface area (TPSA) is 219 Å². The van der Waals surface area contributed by atoms with Crippen LogP contribution in [0, 0.1) is 37.5 Å². The number of rotatable bonds is 15. The molecule has 0 radical (unpaired) electrons. The standard InChI is InChI=1S/C27H35F2N3O5S.C16H23F2N3O.C11H13ClO4S/c1-18-17-22(25(33)37-2)9-8-20(18)11-16-38(35,36)32-14-12-27(13-15-32)26(34)30-24(31-27)21-6-3-19(4-7-21)5-10-23(28)29;17-13(18)6-3-11-1-4-12(5-2-11)14-20-15(22)16(21-14)7-9-19-10-8-16;1-8-7-10(11(13)16-2)4-3-9(8)5-6-17(12,14)15/h8-10,17,19,21H,3-7,11-16H2,1-2H3,(H,30,31,34);6,11-12,19H,1-5,7-10H2,(H,20,21,22);3-4,7H,5-6H2,1-2H3. The molecule has 2 amide bonds. The minimum atomic E-state index is -3.54. The summed E-state index contributed by atoms with van der Waals surface area (Å²) in [6.45, 7) is 5.75. The first-order valence-corrected chi connectivity index (χ1v) is 30.4. The van der Waals surface area contributed by atoms with Crippen molar-refractivity contribution in [1.29, 1.82) is 0 Å². The Labute approximate surface area is 453 Å². The van der Waals surface area contributed by atoms with Crippen molar-refractivity contribution in [2.45, 2.75) is 128 Å². The van der Waals surface area contributed by atoms with Crippen LogP contribution in [0.5, 0.6) is 0 Å². The van der Waals surface area contributed by atoms with Gasteiger partial charge in [-0.2, -0.15) is 17.6 Å². The summed E-state index contributed by atoms with van der Waals surface area (Å²) in [4.78, 5) is 57.8. The van der Waals surface area contributed by atoms with Crippen molar-refractivity contribution in [2.75, 3.05) is 51.9 Å². The SMILES string of the molecule is COC(=O)c1ccc(CCS(=O)(=O)Cl)c(C)c1.COC(=O)c1ccc(CCS(=O)(=O)N2CCC3(CC2)N=C(C2CCC(CC=C(F)F)CC2)NC3=O)c(C)c1.O=C1NC(C2CCC(CC=C(F)F)CC2)=NC12CCNCC2. The molecule has 2 saturated heterocycles. The number of benzene rings is 2. The molecule has 4 fully saturated rings. The molecule has 4 heterocycles. The average molecular weight is 1140 g/mol. The lowest BCUT2D eigenvalue weighted by Gasteiger charge is -2.34. The summed E-state index contributed by atoms with van der Waals surface area (Å²) in [6.07, 6.45) is 9.38. The van der Waals surface area contributed by atoms with E-state index in [0.717, 1.165) is 118 Å². The van der Waals surface area contributed by atoms with Gasteiger partial charge in [0.1, 0.15) is 22.7 Å². The molecule has 2 aromatic carbocycles. The first-order valence-electron chi connectivity index (χ1n) is 26.3. The Bertz CT molecular complexity index is 2810. The minimum absolute atomic E-state index is 0.0496. The number of amidine groups is 2. The Hall–Kier alpha value is -5.03. The maximum absolute atomic E-state index is 13.1. The van der Waals surface area contributed by atoms with E-state index in [9.17, 15) is 53.6 Å². The van der Waals surface area contributed by atoms with Crippen LogP contribution in [0.25, 0.3) is 0 Å². The Kier molecular flexibility index (Phi) is 21.6. The highest BCUT2D eigenvalue weighted by Crippen LogP contribution is 2.38. The van der Waals surface area contributed by atoms with Crippen LogP contribution in [0.2, 0.25) is 0 Å². The maximum atomic E-state index is 13.1. The summed E-state index contributed by atoms with van der Waals surface area (Å²) in [5.41, 5.74) is 2.75. The third-order valence-electron chi connectivity index (χ3n) is 15.8. The van der Waals surface area contributed by atoms with Crippen molar-refractivity contribution in [1.82, 2.24) is 20.3 Å². The number of ether oxygens (including phenoxy) is 2. The van der Waals surface area contributed by atoms with E-state index in [-0.39, 0.29) is 54.2 Å². The third kappa shape index (κ3) is 17.0. The number of amides is 2. The van der Waals surface area contributed by atoms with Crippen LogP contribution >= 0.6 is 10.7 Å².